The molecule has 0 spiro atoms. The molecule has 1 atom stereocenters. The third kappa shape index (κ3) is 2.99. The van der Waals surface area contributed by atoms with Gasteiger partial charge in [-0.15, -0.1) is 0 Å². The number of nitro benzene ring substituents is 1. The molecule has 0 aliphatic heterocycles. The third-order valence-corrected chi connectivity index (χ3v) is 2.17. The van der Waals surface area contributed by atoms with Gasteiger partial charge in [-0.25, -0.2) is 4.39 Å². The number of hydrogen-bond acceptors (Lipinski definition) is 3. The van der Waals surface area contributed by atoms with Crippen molar-refractivity contribution >= 4 is 5.69 Å². The lowest BCUT2D eigenvalue weighted by Crippen LogP contribution is -2.10. The minimum Gasteiger partial charge on any atom is -0.393 e. The standard InChI is InChI=1S/C10H12FNO3/c1-2-9(13)6-7-5-8(12(14)15)3-4-10(7)11/h3-5,9,13H,2,6H2,1H3. The Morgan fingerprint density at radius 2 is 2.27 bits per heavy atom. The summed E-state index contributed by atoms with van der Waals surface area (Å²) >= 11 is 0. The minimum absolute atomic E-state index is 0.101. The van der Waals surface area contributed by atoms with Crippen LogP contribution in [-0.4, -0.2) is 16.1 Å². The lowest BCUT2D eigenvalue weighted by Gasteiger charge is -2.07. The Balaban J connectivity index is 2.95. The maximum Gasteiger partial charge on any atom is 0.269 e. The van der Waals surface area contributed by atoms with E-state index in [2.05, 4.69) is 0 Å². The molecule has 0 radical (unpaired) electrons. The fourth-order valence-corrected chi connectivity index (χ4v) is 1.23. The average molecular weight is 213 g/mol. The number of nitro groups is 1. The minimum atomic E-state index is -0.665. The molecule has 5 heteroatoms. The lowest BCUT2D eigenvalue weighted by molar-refractivity contribution is -0.385. The van der Waals surface area contributed by atoms with E-state index in [0.717, 1.165) is 18.2 Å². The summed E-state index contributed by atoms with van der Waals surface area (Å²) in [5.41, 5.74) is 0.0215. The van der Waals surface area contributed by atoms with Gasteiger partial charge < -0.3 is 5.11 Å². The number of hydrogen-bond donors (Lipinski definition) is 1. The Kier molecular flexibility index (Phi) is 3.74. The van der Waals surface area contributed by atoms with E-state index < -0.39 is 16.8 Å². The predicted molar refractivity (Wildman–Crippen MR) is 53.1 cm³/mol. The van der Waals surface area contributed by atoms with Crippen molar-refractivity contribution in [2.24, 2.45) is 0 Å². The van der Waals surface area contributed by atoms with Crippen molar-refractivity contribution in [2.45, 2.75) is 25.9 Å². The van der Waals surface area contributed by atoms with Crippen LogP contribution in [0.4, 0.5) is 10.1 Å². The normalized spacial score (nSPS) is 12.5. The Hall–Kier alpha value is -1.49. The Morgan fingerprint density at radius 3 is 2.80 bits per heavy atom. The van der Waals surface area contributed by atoms with Crippen LogP contribution in [0.1, 0.15) is 18.9 Å². The van der Waals surface area contributed by atoms with Crippen LogP contribution in [0.3, 0.4) is 0 Å². The zero-order valence-electron chi connectivity index (χ0n) is 8.31. The van der Waals surface area contributed by atoms with Gasteiger partial charge in [0.05, 0.1) is 11.0 Å². The molecule has 15 heavy (non-hydrogen) atoms. The SMILES string of the molecule is CCC(O)Cc1cc([N+](=O)[O-])ccc1F. The maximum atomic E-state index is 13.2. The largest absolute Gasteiger partial charge is 0.393 e. The van der Waals surface area contributed by atoms with Gasteiger partial charge in [-0.05, 0) is 18.1 Å². The molecule has 0 aliphatic carbocycles. The first kappa shape index (κ1) is 11.6. The summed E-state index contributed by atoms with van der Waals surface area (Å²) in [6, 6.07) is 3.32. The number of aliphatic hydroxyl groups is 1. The highest BCUT2D eigenvalue weighted by Gasteiger charge is 2.13. The van der Waals surface area contributed by atoms with Gasteiger partial charge in [-0.3, -0.25) is 10.1 Å². The summed E-state index contributed by atoms with van der Waals surface area (Å²) in [7, 11) is 0. The molecule has 1 unspecified atom stereocenters. The summed E-state index contributed by atoms with van der Waals surface area (Å²) in [5.74, 6) is -0.520. The highest BCUT2D eigenvalue weighted by Crippen LogP contribution is 2.18. The molecule has 0 heterocycles. The topological polar surface area (TPSA) is 63.4 Å². The van der Waals surface area contributed by atoms with E-state index >= 15 is 0 Å². The molecule has 1 aromatic rings. The number of benzene rings is 1. The van der Waals surface area contributed by atoms with Crippen molar-refractivity contribution in [1.82, 2.24) is 0 Å². The predicted octanol–water partition coefficient (Wildman–Crippen LogP) is 2.05. The van der Waals surface area contributed by atoms with Gasteiger partial charge >= 0.3 is 0 Å². The van der Waals surface area contributed by atoms with Crippen molar-refractivity contribution in [2.75, 3.05) is 0 Å². The molecule has 0 aliphatic rings. The number of nitrogens with zero attached hydrogens (tertiary/aromatic N) is 1. The van der Waals surface area contributed by atoms with E-state index in [1.165, 1.54) is 0 Å². The number of rotatable bonds is 4. The van der Waals surface area contributed by atoms with Crippen LogP contribution in [0.5, 0.6) is 0 Å². The summed E-state index contributed by atoms with van der Waals surface area (Å²) in [6.07, 6.45) is -0.0758. The molecule has 0 amide bonds. The molecule has 1 rings (SSSR count). The van der Waals surface area contributed by atoms with E-state index in [1.54, 1.807) is 6.92 Å². The smallest absolute Gasteiger partial charge is 0.269 e. The molecule has 4 nitrogen and oxygen atoms in total. The van der Waals surface area contributed by atoms with E-state index in [-0.39, 0.29) is 17.7 Å². The van der Waals surface area contributed by atoms with Crippen LogP contribution in [-0.2, 0) is 6.42 Å². The lowest BCUT2D eigenvalue weighted by atomic mass is 10.1. The highest BCUT2D eigenvalue weighted by molar-refractivity contribution is 5.35. The first-order chi connectivity index (χ1) is 7.04. The molecule has 0 saturated carbocycles. The summed E-state index contributed by atoms with van der Waals surface area (Å²) in [4.78, 5) is 9.86. The van der Waals surface area contributed by atoms with Gasteiger partial charge in [-0.2, -0.15) is 0 Å². The first-order valence-corrected chi connectivity index (χ1v) is 4.65. The molecular formula is C10H12FNO3. The van der Waals surface area contributed by atoms with Crippen LogP contribution < -0.4 is 0 Å². The first-order valence-electron chi connectivity index (χ1n) is 4.65. The molecule has 0 bridgehead atoms. The maximum absolute atomic E-state index is 13.2. The van der Waals surface area contributed by atoms with Crippen LogP contribution >= 0.6 is 0 Å². The van der Waals surface area contributed by atoms with Crippen LogP contribution in [0.25, 0.3) is 0 Å². The second kappa shape index (κ2) is 4.84. The van der Waals surface area contributed by atoms with Gasteiger partial charge in [0.25, 0.3) is 5.69 Å². The summed E-state index contributed by atoms with van der Waals surface area (Å²) in [6.45, 7) is 1.76. The Bertz CT molecular complexity index is 368. The molecule has 0 aromatic heterocycles. The number of halogens is 1. The quantitative estimate of drug-likeness (QED) is 0.615. The van der Waals surface area contributed by atoms with Gasteiger partial charge in [0.15, 0.2) is 0 Å². The zero-order valence-corrected chi connectivity index (χ0v) is 8.31. The molecule has 0 fully saturated rings. The van der Waals surface area contributed by atoms with Crippen LogP contribution in [0.15, 0.2) is 18.2 Å². The van der Waals surface area contributed by atoms with Gasteiger partial charge in [0.2, 0.25) is 0 Å². The van der Waals surface area contributed by atoms with Crippen LogP contribution in [0.2, 0.25) is 0 Å². The molecule has 82 valence electrons. The van der Waals surface area contributed by atoms with E-state index in [4.69, 9.17) is 0 Å². The fraction of sp³-hybridized carbons (Fsp3) is 0.400. The van der Waals surface area contributed by atoms with Gasteiger partial charge in [-0.1, -0.05) is 6.92 Å². The Morgan fingerprint density at radius 1 is 1.60 bits per heavy atom. The van der Waals surface area contributed by atoms with Gasteiger partial charge in [0.1, 0.15) is 5.82 Å². The van der Waals surface area contributed by atoms with Crippen molar-refractivity contribution in [1.29, 1.82) is 0 Å². The van der Waals surface area contributed by atoms with Gasteiger partial charge in [0, 0.05) is 18.6 Å². The van der Waals surface area contributed by atoms with Crippen LogP contribution in [0, 0.1) is 15.9 Å². The number of non-ortho nitro benzene ring substituents is 1. The molecule has 1 N–H and O–H groups in total. The molecule has 1 aromatic carbocycles. The molecule has 0 saturated heterocycles. The Labute approximate surface area is 86.5 Å². The van der Waals surface area contributed by atoms with E-state index in [0.29, 0.717) is 6.42 Å². The third-order valence-electron chi connectivity index (χ3n) is 2.17. The highest BCUT2D eigenvalue weighted by atomic mass is 19.1. The van der Waals surface area contributed by atoms with Crippen molar-refractivity contribution < 1.29 is 14.4 Å². The van der Waals surface area contributed by atoms with Crippen molar-refractivity contribution in [3.8, 4) is 0 Å². The summed E-state index contributed by atoms with van der Waals surface area (Å²) < 4.78 is 13.2. The number of aliphatic hydroxyl groups excluding tert-OH is 1. The monoisotopic (exact) mass is 213 g/mol. The fourth-order valence-electron chi connectivity index (χ4n) is 1.23. The average Bonchev–Trinajstić information content (AvgIpc) is 2.20. The zero-order chi connectivity index (χ0) is 11.4. The molecular weight excluding hydrogens is 201 g/mol. The second-order valence-electron chi connectivity index (χ2n) is 3.30. The summed E-state index contributed by atoms with van der Waals surface area (Å²) in [5, 5.41) is 19.8. The van der Waals surface area contributed by atoms with E-state index in [9.17, 15) is 19.6 Å². The second-order valence-corrected chi connectivity index (χ2v) is 3.30. The van der Waals surface area contributed by atoms with Crippen molar-refractivity contribution in [3.63, 3.8) is 0 Å². The van der Waals surface area contributed by atoms with E-state index in [1.807, 2.05) is 0 Å². The van der Waals surface area contributed by atoms with Crippen molar-refractivity contribution in [3.05, 3.63) is 39.7 Å².